The third-order valence-electron chi connectivity index (χ3n) is 4.46. The molecule has 3 rings (SSSR count). The molecule has 1 saturated carbocycles. The average molecular weight is 338 g/mol. The Morgan fingerprint density at radius 2 is 1.80 bits per heavy atom. The lowest BCUT2D eigenvalue weighted by molar-refractivity contribution is -0.136. The molecule has 0 heterocycles. The van der Waals surface area contributed by atoms with Crippen LogP contribution < -0.4 is 10.6 Å². The molecule has 1 fully saturated rings. The van der Waals surface area contributed by atoms with Crippen LogP contribution in [0.3, 0.4) is 0 Å². The lowest BCUT2D eigenvalue weighted by atomic mass is 9.94. The first-order valence-electron chi connectivity index (χ1n) is 8.36. The Bertz CT molecular complexity index is 772. The van der Waals surface area contributed by atoms with Crippen molar-refractivity contribution in [3.05, 3.63) is 65.7 Å². The van der Waals surface area contributed by atoms with Gasteiger partial charge in [-0.05, 0) is 43.5 Å². The summed E-state index contributed by atoms with van der Waals surface area (Å²) in [5, 5.41) is 5.79. The van der Waals surface area contributed by atoms with E-state index in [1.807, 2.05) is 30.3 Å². The van der Waals surface area contributed by atoms with Crippen molar-refractivity contribution in [2.24, 2.45) is 0 Å². The highest BCUT2D eigenvalue weighted by Crippen LogP contribution is 2.27. The van der Waals surface area contributed by atoms with Crippen LogP contribution in [0.4, 0.5) is 5.69 Å². The fourth-order valence-corrected chi connectivity index (χ4v) is 2.58. The minimum atomic E-state index is -1.12. The quantitative estimate of drug-likeness (QED) is 0.850. The third kappa shape index (κ3) is 3.88. The second kappa shape index (κ2) is 7.07. The highest BCUT2D eigenvalue weighted by molar-refractivity contribution is 6.00. The molecule has 0 saturated heterocycles. The van der Waals surface area contributed by atoms with Crippen molar-refractivity contribution in [1.82, 2.24) is 5.32 Å². The maximum absolute atomic E-state index is 12.8. The number of ether oxygens (including phenoxy) is 1. The summed E-state index contributed by atoms with van der Waals surface area (Å²) in [6.07, 6.45) is 2.07. The zero-order valence-electron chi connectivity index (χ0n) is 14.4. The molecule has 2 aromatic carbocycles. The van der Waals surface area contributed by atoms with Gasteiger partial charge in [0.1, 0.15) is 0 Å². The summed E-state index contributed by atoms with van der Waals surface area (Å²) in [6.45, 7) is 1.72. The molecular formula is C20H22N2O3. The van der Waals surface area contributed by atoms with E-state index in [1.165, 1.54) is 7.11 Å². The lowest BCUT2D eigenvalue weighted by Gasteiger charge is -2.27. The molecule has 0 spiro atoms. The van der Waals surface area contributed by atoms with Crippen LogP contribution in [-0.4, -0.2) is 25.0 Å². The van der Waals surface area contributed by atoms with Gasteiger partial charge < -0.3 is 15.4 Å². The van der Waals surface area contributed by atoms with Crippen molar-refractivity contribution in [2.45, 2.75) is 31.4 Å². The number of carbonyl (C=O) groups excluding carboxylic acids is 2. The first kappa shape index (κ1) is 17.2. The highest BCUT2D eigenvalue weighted by atomic mass is 16.5. The van der Waals surface area contributed by atoms with Gasteiger partial charge in [0.25, 0.3) is 11.8 Å². The largest absolute Gasteiger partial charge is 0.364 e. The summed E-state index contributed by atoms with van der Waals surface area (Å²) >= 11 is 0. The molecule has 2 aromatic rings. The number of hydrogen-bond acceptors (Lipinski definition) is 3. The second-order valence-electron chi connectivity index (χ2n) is 6.39. The maximum Gasteiger partial charge on any atom is 0.260 e. The Hall–Kier alpha value is -2.66. The van der Waals surface area contributed by atoms with E-state index < -0.39 is 5.60 Å². The van der Waals surface area contributed by atoms with Gasteiger partial charge in [0.2, 0.25) is 0 Å². The lowest BCUT2D eigenvalue weighted by Crippen LogP contribution is -2.39. The number of nitrogens with one attached hydrogen (secondary N) is 2. The van der Waals surface area contributed by atoms with Crippen LogP contribution in [0, 0.1) is 0 Å². The van der Waals surface area contributed by atoms with Gasteiger partial charge in [-0.1, -0.05) is 36.4 Å². The smallest absolute Gasteiger partial charge is 0.260 e. The number of anilines is 1. The van der Waals surface area contributed by atoms with E-state index in [4.69, 9.17) is 4.74 Å². The van der Waals surface area contributed by atoms with Crippen LogP contribution in [0.1, 0.15) is 35.7 Å². The predicted octanol–water partition coefficient (Wildman–Crippen LogP) is 3.08. The Balaban J connectivity index is 1.76. The van der Waals surface area contributed by atoms with Gasteiger partial charge >= 0.3 is 0 Å². The zero-order chi connectivity index (χ0) is 17.9. The maximum atomic E-state index is 12.8. The van der Waals surface area contributed by atoms with Crippen molar-refractivity contribution in [1.29, 1.82) is 0 Å². The van der Waals surface area contributed by atoms with E-state index in [-0.39, 0.29) is 11.8 Å². The Labute approximate surface area is 147 Å². The molecule has 0 aliphatic heterocycles. The molecule has 0 bridgehead atoms. The molecule has 5 heteroatoms. The zero-order valence-corrected chi connectivity index (χ0v) is 14.4. The molecule has 0 aromatic heterocycles. The number of amides is 2. The van der Waals surface area contributed by atoms with Crippen LogP contribution in [-0.2, 0) is 15.1 Å². The van der Waals surface area contributed by atoms with Crippen molar-refractivity contribution in [3.63, 3.8) is 0 Å². The van der Waals surface area contributed by atoms with Crippen molar-refractivity contribution < 1.29 is 14.3 Å². The van der Waals surface area contributed by atoms with Gasteiger partial charge in [-0.15, -0.1) is 0 Å². The molecule has 25 heavy (non-hydrogen) atoms. The van der Waals surface area contributed by atoms with Crippen molar-refractivity contribution in [2.75, 3.05) is 12.4 Å². The summed E-state index contributed by atoms with van der Waals surface area (Å²) in [5.74, 6) is -0.405. The Morgan fingerprint density at radius 3 is 2.44 bits per heavy atom. The molecular weight excluding hydrogens is 316 g/mol. The van der Waals surface area contributed by atoms with Crippen LogP contribution in [0.25, 0.3) is 0 Å². The summed E-state index contributed by atoms with van der Waals surface area (Å²) in [7, 11) is 1.51. The van der Waals surface area contributed by atoms with E-state index in [9.17, 15) is 9.59 Å². The number of carbonyl (C=O) groups is 2. The van der Waals surface area contributed by atoms with Crippen LogP contribution in [0.15, 0.2) is 54.6 Å². The molecule has 2 amide bonds. The SMILES string of the molecule is CO[C@@](C)(C(=O)Nc1cccc(C(=O)NC2CC2)c1)c1ccccc1. The van der Waals surface area contributed by atoms with E-state index in [0.717, 1.165) is 18.4 Å². The first-order chi connectivity index (χ1) is 12.0. The van der Waals surface area contributed by atoms with Crippen LogP contribution in [0.2, 0.25) is 0 Å². The van der Waals surface area contributed by atoms with Gasteiger partial charge in [0.05, 0.1) is 0 Å². The number of rotatable bonds is 6. The fourth-order valence-electron chi connectivity index (χ4n) is 2.58. The number of methoxy groups -OCH3 is 1. The number of hydrogen-bond donors (Lipinski definition) is 2. The highest BCUT2D eigenvalue weighted by Gasteiger charge is 2.35. The summed E-state index contributed by atoms with van der Waals surface area (Å²) in [6, 6.07) is 16.5. The minimum absolute atomic E-state index is 0.115. The Morgan fingerprint density at radius 1 is 1.08 bits per heavy atom. The molecule has 130 valence electrons. The second-order valence-corrected chi connectivity index (χ2v) is 6.39. The Kier molecular flexibility index (Phi) is 4.86. The normalized spacial score (nSPS) is 15.9. The van der Waals surface area contributed by atoms with Crippen LogP contribution >= 0.6 is 0 Å². The molecule has 1 atom stereocenters. The van der Waals surface area contributed by atoms with E-state index in [0.29, 0.717) is 17.3 Å². The van der Waals surface area contributed by atoms with Gasteiger partial charge in [0.15, 0.2) is 5.60 Å². The molecule has 0 unspecified atom stereocenters. The molecule has 5 nitrogen and oxygen atoms in total. The topological polar surface area (TPSA) is 67.4 Å². The van der Waals surface area contributed by atoms with Gasteiger partial charge in [0, 0.05) is 24.4 Å². The van der Waals surface area contributed by atoms with Crippen molar-refractivity contribution >= 4 is 17.5 Å². The molecule has 0 radical (unpaired) electrons. The summed E-state index contributed by atoms with van der Waals surface area (Å²) < 4.78 is 5.51. The standard InChI is InChI=1S/C20H22N2O3/c1-20(25-2,15-8-4-3-5-9-15)19(24)22-17-10-6-7-14(13-17)18(23)21-16-11-12-16/h3-10,13,16H,11-12H2,1-2H3,(H,21,23)(H,22,24)/t20-/m1/s1. The van der Waals surface area contributed by atoms with E-state index in [1.54, 1.807) is 31.2 Å². The summed E-state index contributed by atoms with van der Waals surface area (Å²) in [5.41, 5.74) is 0.738. The summed E-state index contributed by atoms with van der Waals surface area (Å²) in [4.78, 5) is 25.0. The average Bonchev–Trinajstić information content (AvgIpc) is 3.46. The molecule has 1 aliphatic carbocycles. The van der Waals surface area contributed by atoms with Crippen molar-refractivity contribution in [3.8, 4) is 0 Å². The predicted molar refractivity (Wildman–Crippen MR) is 96.4 cm³/mol. The third-order valence-corrected chi connectivity index (χ3v) is 4.46. The van der Waals surface area contributed by atoms with E-state index >= 15 is 0 Å². The molecule has 1 aliphatic rings. The van der Waals surface area contributed by atoms with Crippen LogP contribution in [0.5, 0.6) is 0 Å². The fraction of sp³-hybridized carbons (Fsp3) is 0.300. The van der Waals surface area contributed by atoms with E-state index in [2.05, 4.69) is 10.6 Å². The van der Waals surface area contributed by atoms with Gasteiger partial charge in [-0.3, -0.25) is 9.59 Å². The first-order valence-corrected chi connectivity index (χ1v) is 8.36. The van der Waals surface area contributed by atoms with Gasteiger partial charge in [-0.2, -0.15) is 0 Å². The minimum Gasteiger partial charge on any atom is -0.364 e. The van der Waals surface area contributed by atoms with Gasteiger partial charge in [-0.25, -0.2) is 0 Å². The molecule has 2 N–H and O–H groups in total. The number of benzene rings is 2. The monoisotopic (exact) mass is 338 g/mol.